The van der Waals surface area contributed by atoms with E-state index in [-0.39, 0.29) is 31.2 Å². The molecule has 328 valence electrons. The van der Waals surface area contributed by atoms with Gasteiger partial charge in [0.05, 0.1) is 31.6 Å². The summed E-state index contributed by atoms with van der Waals surface area (Å²) in [5.74, 6) is -0.972. The van der Waals surface area contributed by atoms with Gasteiger partial charge in [-0.3, -0.25) is 19.1 Å². The number of pyridine rings is 1. The van der Waals surface area contributed by atoms with Crippen LogP contribution in [0.4, 0.5) is 10.6 Å². The van der Waals surface area contributed by atoms with Crippen molar-refractivity contribution in [3.8, 4) is 11.6 Å². The summed E-state index contributed by atoms with van der Waals surface area (Å²) in [5.41, 5.74) is -2.38. The largest absolute Gasteiger partial charge is 0.497 e. The Morgan fingerprint density at radius 1 is 1.07 bits per heavy atom. The number of nitrogens with one attached hydrogen (secondary N) is 3. The molecule has 17 heteroatoms. The fourth-order valence-electron chi connectivity index (χ4n) is 8.55. The normalized spacial score (nSPS) is 30.1. The molecule has 0 radical (unpaired) electrons. The van der Waals surface area contributed by atoms with Crippen molar-refractivity contribution < 1.29 is 46.5 Å². The predicted octanol–water partition coefficient (Wildman–Crippen LogP) is 4.21. The van der Waals surface area contributed by atoms with Crippen LogP contribution in [0.2, 0.25) is 0 Å². The number of amides is 4. The van der Waals surface area contributed by atoms with Gasteiger partial charge in [-0.1, -0.05) is 26.0 Å². The van der Waals surface area contributed by atoms with E-state index in [0.29, 0.717) is 74.8 Å². The lowest BCUT2D eigenvalue weighted by atomic mass is 9.88. The number of allylic oxidation sites excluding steroid dienone is 1. The minimum Gasteiger partial charge on any atom is -0.497 e. The number of benzene rings is 1. The van der Waals surface area contributed by atoms with Crippen LogP contribution in [0.15, 0.2) is 36.4 Å². The third-order valence-electron chi connectivity index (χ3n) is 12.5. The third kappa shape index (κ3) is 9.31. The molecule has 1 aromatic carbocycles. The van der Waals surface area contributed by atoms with E-state index in [9.17, 15) is 27.6 Å². The van der Waals surface area contributed by atoms with Crippen molar-refractivity contribution >= 4 is 50.4 Å². The number of fused-ring (bicyclic) bond motifs is 3. The highest BCUT2D eigenvalue weighted by Gasteiger charge is 2.63. The molecular weight excluding hydrogens is 793 g/mol. The van der Waals surface area contributed by atoms with Gasteiger partial charge in [0.15, 0.2) is 0 Å². The summed E-state index contributed by atoms with van der Waals surface area (Å²) in [6, 6.07) is 5.31. The SMILES string of the molecule is COc1ccc2c(O[C@@H]3C[C@H]4C(=O)N[C@]5(C(=O)NS(=O)(=O)C6(C)CC6)CC5/C=C\CC[C@H](C)C[C@@H](C)[C@H](NC(=O)OC(C)(C)C)C(=O)N4C3)nc(N3CCOCC3)cc2c1. The molecule has 1 unspecified atom stereocenters. The number of ether oxygens (including phenoxy) is 4. The van der Waals surface area contributed by atoms with Crippen LogP contribution in [0, 0.1) is 17.8 Å². The second-order valence-electron chi connectivity index (χ2n) is 18.6. The molecule has 60 heavy (non-hydrogen) atoms. The molecular formula is C43H60N6O10S. The van der Waals surface area contributed by atoms with Crippen molar-refractivity contribution in [3.63, 3.8) is 0 Å². The zero-order valence-corrected chi connectivity index (χ0v) is 36.6. The molecule has 2 saturated heterocycles. The lowest BCUT2D eigenvalue weighted by Gasteiger charge is -2.33. The lowest BCUT2D eigenvalue weighted by molar-refractivity contribution is -0.142. The Hall–Kier alpha value is -4.64. The van der Waals surface area contributed by atoms with Crippen molar-refractivity contribution in [2.75, 3.05) is 44.9 Å². The monoisotopic (exact) mass is 852 g/mol. The van der Waals surface area contributed by atoms with Gasteiger partial charge in [0.25, 0.3) is 5.91 Å². The number of morpholine rings is 1. The van der Waals surface area contributed by atoms with Crippen molar-refractivity contribution in [2.24, 2.45) is 17.8 Å². The zero-order valence-electron chi connectivity index (χ0n) is 35.7. The van der Waals surface area contributed by atoms with Crippen LogP contribution in [-0.2, 0) is 33.9 Å². The lowest BCUT2D eigenvalue weighted by Crippen LogP contribution is -2.59. The summed E-state index contributed by atoms with van der Waals surface area (Å²) in [6.07, 6.45) is 5.44. The zero-order chi connectivity index (χ0) is 43.2. The van der Waals surface area contributed by atoms with E-state index in [1.807, 2.05) is 43.3 Å². The molecule has 3 aliphatic heterocycles. The molecule has 0 bridgehead atoms. The Kier molecular flexibility index (Phi) is 12.1. The maximum atomic E-state index is 15.0. The minimum absolute atomic E-state index is 0.0250. The first-order valence-corrected chi connectivity index (χ1v) is 22.6. The molecule has 5 aliphatic rings. The van der Waals surface area contributed by atoms with Gasteiger partial charge in [0, 0.05) is 30.8 Å². The summed E-state index contributed by atoms with van der Waals surface area (Å²) in [5, 5.41) is 7.29. The molecule has 1 aromatic heterocycles. The van der Waals surface area contributed by atoms with E-state index >= 15 is 0 Å². The summed E-state index contributed by atoms with van der Waals surface area (Å²) in [6.45, 7) is 13.1. The Morgan fingerprint density at radius 3 is 2.48 bits per heavy atom. The van der Waals surface area contributed by atoms with Crippen LogP contribution >= 0.6 is 0 Å². The third-order valence-corrected chi connectivity index (χ3v) is 14.7. The van der Waals surface area contributed by atoms with Gasteiger partial charge >= 0.3 is 6.09 Å². The molecule has 7 atom stereocenters. The number of aromatic nitrogens is 1. The topological polar surface area (TPSA) is 195 Å². The van der Waals surface area contributed by atoms with Gasteiger partial charge in [-0.05, 0) is 108 Å². The van der Waals surface area contributed by atoms with Crippen LogP contribution < -0.4 is 29.7 Å². The molecule has 4 fully saturated rings. The molecule has 0 spiro atoms. The summed E-state index contributed by atoms with van der Waals surface area (Å²) in [4.78, 5) is 65.5. The second kappa shape index (κ2) is 16.7. The number of methoxy groups -OCH3 is 1. The molecule has 2 saturated carbocycles. The van der Waals surface area contributed by atoms with E-state index in [1.54, 1.807) is 34.8 Å². The van der Waals surface area contributed by atoms with Crippen molar-refractivity contribution in [1.29, 1.82) is 0 Å². The Balaban J connectivity index is 1.25. The summed E-state index contributed by atoms with van der Waals surface area (Å²) >= 11 is 0. The van der Waals surface area contributed by atoms with E-state index < -0.39 is 73.8 Å². The van der Waals surface area contributed by atoms with Crippen LogP contribution in [-0.4, -0.2) is 116 Å². The van der Waals surface area contributed by atoms with Gasteiger partial charge in [0.2, 0.25) is 27.7 Å². The number of hydrogen-bond donors (Lipinski definition) is 3. The highest BCUT2D eigenvalue weighted by atomic mass is 32.2. The number of sulfonamides is 1. The molecule has 7 rings (SSSR count). The molecule has 16 nitrogen and oxygen atoms in total. The highest BCUT2D eigenvalue weighted by Crippen LogP contribution is 2.48. The second-order valence-corrected chi connectivity index (χ2v) is 20.8. The van der Waals surface area contributed by atoms with Gasteiger partial charge in [-0.25, -0.2) is 13.2 Å². The van der Waals surface area contributed by atoms with Gasteiger partial charge < -0.3 is 39.4 Å². The number of carbonyl (C=O) groups is 4. The molecule has 3 N–H and O–H groups in total. The first kappa shape index (κ1) is 43.4. The van der Waals surface area contributed by atoms with Crippen molar-refractivity contribution in [1.82, 2.24) is 25.2 Å². The predicted molar refractivity (Wildman–Crippen MR) is 224 cm³/mol. The Bertz CT molecular complexity index is 2130. The molecule has 2 aromatic rings. The number of hydrogen-bond acceptors (Lipinski definition) is 12. The molecule has 4 amide bonds. The maximum absolute atomic E-state index is 15.0. The number of carbonyl (C=O) groups excluding carboxylic acids is 4. The maximum Gasteiger partial charge on any atom is 0.408 e. The fraction of sp³-hybridized carbons (Fsp3) is 0.651. The van der Waals surface area contributed by atoms with Crippen molar-refractivity contribution in [3.05, 3.63) is 36.4 Å². The van der Waals surface area contributed by atoms with Crippen LogP contribution in [0.5, 0.6) is 11.6 Å². The highest BCUT2D eigenvalue weighted by molar-refractivity contribution is 7.91. The number of rotatable bonds is 8. The first-order valence-electron chi connectivity index (χ1n) is 21.1. The minimum atomic E-state index is -4.02. The average molecular weight is 853 g/mol. The number of alkyl carbamates (subject to hydrolysis) is 1. The van der Waals surface area contributed by atoms with Gasteiger partial charge in [0.1, 0.15) is 40.9 Å². The van der Waals surface area contributed by atoms with Gasteiger partial charge in [-0.2, -0.15) is 4.98 Å². The van der Waals surface area contributed by atoms with Gasteiger partial charge in [-0.15, -0.1) is 0 Å². The quantitative estimate of drug-likeness (QED) is 0.321. The number of anilines is 1. The van der Waals surface area contributed by atoms with Crippen LogP contribution in [0.1, 0.15) is 86.5 Å². The van der Waals surface area contributed by atoms with Crippen molar-refractivity contribution in [2.45, 2.75) is 121 Å². The van der Waals surface area contributed by atoms with E-state index in [0.717, 1.165) is 11.8 Å². The smallest absolute Gasteiger partial charge is 0.408 e. The summed E-state index contributed by atoms with van der Waals surface area (Å²) in [7, 11) is -2.42. The fourth-order valence-corrected chi connectivity index (χ4v) is 9.86. The Morgan fingerprint density at radius 2 is 1.80 bits per heavy atom. The Labute approximate surface area is 352 Å². The summed E-state index contributed by atoms with van der Waals surface area (Å²) < 4.78 is 51.3. The van der Waals surface area contributed by atoms with Crippen LogP contribution in [0.25, 0.3) is 10.8 Å². The van der Waals surface area contributed by atoms with Crippen LogP contribution in [0.3, 0.4) is 0 Å². The van der Waals surface area contributed by atoms with E-state index in [2.05, 4.69) is 27.2 Å². The van der Waals surface area contributed by atoms with E-state index in [1.165, 1.54) is 4.90 Å². The standard InChI is InChI=1S/C43H60N6O10S/c1-26-10-8-9-11-29-24-43(29,39(52)47-60(54,55)42(6)14-15-42)46-36(50)33-23-31(25-49(33)38(51)35(27(2)20-26)45-40(53)59-41(3,4)5)58-37-32-13-12-30(56-7)21-28(32)22-34(44-37)48-16-18-57-19-17-48/h9,11-13,21-22,26-27,29,31,33,35H,8,10,14-20,23-25H2,1-7H3,(H,45,53)(H,46,50)(H,47,52)/b11-9-/t26-,27+,29?,31+,33-,35-,43+/m0/s1. The first-order chi connectivity index (χ1) is 28.3. The van der Waals surface area contributed by atoms with E-state index in [4.69, 9.17) is 23.9 Å². The number of nitrogens with zero attached hydrogens (tertiary/aromatic N) is 3. The average Bonchev–Trinajstić information content (AvgIpc) is 4.07. The molecule has 2 aliphatic carbocycles. The molecule has 4 heterocycles.